The molecular weight excluding hydrogens is 264 g/mol. The number of ether oxygens (including phenoxy) is 1. The largest absolute Gasteiger partial charge is 0.496 e. The summed E-state index contributed by atoms with van der Waals surface area (Å²) in [6.07, 6.45) is 1.88. The molecule has 1 saturated heterocycles. The summed E-state index contributed by atoms with van der Waals surface area (Å²) in [5, 5.41) is 3.34. The second kappa shape index (κ2) is 6.01. The summed E-state index contributed by atoms with van der Waals surface area (Å²) in [6.45, 7) is 4.00. The van der Waals surface area contributed by atoms with Crippen LogP contribution in [0.4, 0.5) is 11.5 Å². The van der Waals surface area contributed by atoms with E-state index in [0.717, 1.165) is 54.6 Å². The molecule has 21 heavy (non-hydrogen) atoms. The number of methoxy groups -OCH3 is 1. The molecule has 2 heterocycles. The molecule has 0 spiro atoms. The van der Waals surface area contributed by atoms with Crippen molar-refractivity contribution in [1.29, 1.82) is 0 Å². The second-order valence-corrected chi connectivity index (χ2v) is 5.10. The minimum Gasteiger partial charge on any atom is -0.496 e. The van der Waals surface area contributed by atoms with Crippen molar-refractivity contribution in [3.8, 4) is 16.9 Å². The first kappa shape index (κ1) is 13.7. The van der Waals surface area contributed by atoms with Gasteiger partial charge in [0.15, 0.2) is 0 Å². The van der Waals surface area contributed by atoms with Crippen LogP contribution in [-0.4, -0.2) is 38.3 Å². The Morgan fingerprint density at radius 2 is 2.00 bits per heavy atom. The fourth-order valence-corrected chi connectivity index (χ4v) is 2.58. The number of nitrogens with one attached hydrogen (secondary N) is 1. The van der Waals surface area contributed by atoms with E-state index in [1.54, 1.807) is 7.11 Å². The number of nitrogens with two attached hydrogens (primary N) is 1. The van der Waals surface area contributed by atoms with Gasteiger partial charge in [0.1, 0.15) is 11.6 Å². The summed E-state index contributed by atoms with van der Waals surface area (Å²) < 4.78 is 5.40. The maximum absolute atomic E-state index is 5.88. The zero-order valence-corrected chi connectivity index (χ0v) is 12.2. The normalized spacial score (nSPS) is 15.0. The number of anilines is 2. The maximum atomic E-state index is 5.88. The average Bonchev–Trinajstić information content (AvgIpc) is 2.56. The fraction of sp³-hybridized carbons (Fsp3) is 0.312. The molecule has 2 aromatic rings. The van der Waals surface area contributed by atoms with Gasteiger partial charge in [0.2, 0.25) is 0 Å². The first-order chi connectivity index (χ1) is 10.3. The summed E-state index contributed by atoms with van der Waals surface area (Å²) in [6, 6.07) is 9.77. The zero-order valence-electron chi connectivity index (χ0n) is 12.2. The number of hydrogen-bond acceptors (Lipinski definition) is 5. The number of hydrogen-bond donors (Lipinski definition) is 2. The van der Waals surface area contributed by atoms with Crippen molar-refractivity contribution in [2.75, 3.05) is 43.9 Å². The Balaban J connectivity index is 1.88. The van der Waals surface area contributed by atoms with Crippen molar-refractivity contribution < 1.29 is 4.74 Å². The molecule has 0 unspecified atom stereocenters. The molecule has 0 saturated carbocycles. The predicted octanol–water partition coefficient (Wildman–Crippen LogP) is 1.75. The van der Waals surface area contributed by atoms with Crippen molar-refractivity contribution in [2.24, 2.45) is 0 Å². The highest BCUT2D eigenvalue weighted by Gasteiger charge is 2.12. The Hall–Kier alpha value is -2.27. The van der Waals surface area contributed by atoms with E-state index in [1.807, 2.05) is 24.4 Å². The molecule has 3 rings (SSSR count). The Morgan fingerprint density at radius 3 is 2.67 bits per heavy atom. The van der Waals surface area contributed by atoms with Gasteiger partial charge in [0.05, 0.1) is 7.11 Å². The van der Waals surface area contributed by atoms with Gasteiger partial charge in [-0.1, -0.05) is 0 Å². The molecule has 3 N–H and O–H groups in total. The number of pyridine rings is 1. The maximum Gasteiger partial charge on any atom is 0.128 e. The van der Waals surface area contributed by atoms with Crippen LogP contribution >= 0.6 is 0 Å². The molecule has 5 nitrogen and oxygen atoms in total. The SMILES string of the molecule is COc1ccc(N)cc1-c1ccc(N2CCNCC2)nc1. The van der Waals surface area contributed by atoms with Gasteiger partial charge in [0, 0.05) is 49.2 Å². The third kappa shape index (κ3) is 2.92. The molecule has 1 aliphatic rings. The standard InChI is InChI=1S/C16H20N4O/c1-21-15-4-3-13(17)10-14(15)12-2-5-16(19-11-12)20-8-6-18-7-9-20/h2-5,10-11,18H,6-9,17H2,1H3. The number of aromatic nitrogens is 1. The monoisotopic (exact) mass is 284 g/mol. The first-order valence-electron chi connectivity index (χ1n) is 7.13. The van der Waals surface area contributed by atoms with Crippen LogP contribution in [0, 0.1) is 0 Å². The van der Waals surface area contributed by atoms with Crippen LogP contribution in [0.25, 0.3) is 11.1 Å². The molecule has 1 aromatic heterocycles. The zero-order chi connectivity index (χ0) is 14.7. The van der Waals surface area contributed by atoms with Gasteiger partial charge in [0.25, 0.3) is 0 Å². The molecular formula is C16H20N4O. The van der Waals surface area contributed by atoms with Crippen molar-refractivity contribution in [3.63, 3.8) is 0 Å². The van der Waals surface area contributed by atoms with Crippen LogP contribution in [0.15, 0.2) is 36.5 Å². The highest BCUT2D eigenvalue weighted by atomic mass is 16.5. The van der Waals surface area contributed by atoms with Crippen LogP contribution in [0.3, 0.4) is 0 Å². The lowest BCUT2D eigenvalue weighted by Gasteiger charge is -2.28. The minimum absolute atomic E-state index is 0.719. The van der Waals surface area contributed by atoms with Crippen molar-refractivity contribution in [1.82, 2.24) is 10.3 Å². The lowest BCUT2D eigenvalue weighted by Crippen LogP contribution is -2.43. The van der Waals surface area contributed by atoms with Gasteiger partial charge in [-0.05, 0) is 30.3 Å². The summed E-state index contributed by atoms with van der Waals surface area (Å²) in [7, 11) is 1.66. The van der Waals surface area contributed by atoms with Crippen LogP contribution in [0.1, 0.15) is 0 Å². The summed E-state index contributed by atoms with van der Waals surface area (Å²) in [5.74, 6) is 1.82. The molecule has 1 fully saturated rings. The first-order valence-corrected chi connectivity index (χ1v) is 7.13. The van der Waals surface area contributed by atoms with Gasteiger partial charge < -0.3 is 20.7 Å². The van der Waals surface area contributed by atoms with Gasteiger partial charge in [-0.3, -0.25) is 0 Å². The second-order valence-electron chi connectivity index (χ2n) is 5.10. The molecule has 5 heteroatoms. The molecule has 0 atom stereocenters. The van der Waals surface area contributed by atoms with Gasteiger partial charge in [-0.15, -0.1) is 0 Å². The lowest BCUT2D eigenvalue weighted by molar-refractivity contribution is 0.416. The quantitative estimate of drug-likeness (QED) is 0.841. The molecule has 1 aliphatic heterocycles. The topological polar surface area (TPSA) is 63.4 Å². The summed E-state index contributed by atoms with van der Waals surface area (Å²) in [4.78, 5) is 6.87. The predicted molar refractivity (Wildman–Crippen MR) is 85.7 cm³/mol. The van der Waals surface area contributed by atoms with Gasteiger partial charge in [-0.2, -0.15) is 0 Å². The van der Waals surface area contributed by atoms with Crippen molar-refractivity contribution >= 4 is 11.5 Å². The molecule has 1 aromatic carbocycles. The van der Waals surface area contributed by atoms with Crippen LogP contribution in [0.5, 0.6) is 5.75 Å². The van der Waals surface area contributed by atoms with E-state index in [9.17, 15) is 0 Å². The van der Waals surface area contributed by atoms with Crippen LogP contribution in [0.2, 0.25) is 0 Å². The van der Waals surface area contributed by atoms with E-state index in [2.05, 4.69) is 27.3 Å². The number of nitrogens with zero attached hydrogens (tertiary/aromatic N) is 2. The Labute approximate surface area is 124 Å². The Morgan fingerprint density at radius 1 is 1.19 bits per heavy atom. The Kier molecular flexibility index (Phi) is 3.92. The molecule has 0 bridgehead atoms. The Bertz CT molecular complexity index is 606. The van der Waals surface area contributed by atoms with Crippen molar-refractivity contribution in [3.05, 3.63) is 36.5 Å². The molecule has 0 amide bonds. The summed E-state index contributed by atoms with van der Waals surface area (Å²) in [5.41, 5.74) is 8.58. The van der Waals surface area contributed by atoms with E-state index in [1.165, 1.54) is 0 Å². The number of nitrogen functional groups attached to an aromatic ring is 1. The highest BCUT2D eigenvalue weighted by Crippen LogP contribution is 2.32. The van der Waals surface area contributed by atoms with Crippen LogP contribution < -0.4 is 20.7 Å². The van der Waals surface area contributed by atoms with E-state index in [-0.39, 0.29) is 0 Å². The van der Waals surface area contributed by atoms with E-state index >= 15 is 0 Å². The van der Waals surface area contributed by atoms with Gasteiger partial charge in [-0.25, -0.2) is 4.98 Å². The number of rotatable bonds is 3. The summed E-state index contributed by atoms with van der Waals surface area (Å²) >= 11 is 0. The third-order valence-electron chi connectivity index (χ3n) is 3.72. The molecule has 0 radical (unpaired) electrons. The lowest BCUT2D eigenvalue weighted by atomic mass is 10.1. The van der Waals surface area contributed by atoms with Crippen LogP contribution in [-0.2, 0) is 0 Å². The highest BCUT2D eigenvalue weighted by molar-refractivity contribution is 5.74. The molecule has 0 aliphatic carbocycles. The minimum atomic E-state index is 0.719. The van der Waals surface area contributed by atoms with E-state index in [0.29, 0.717) is 0 Å². The smallest absolute Gasteiger partial charge is 0.128 e. The third-order valence-corrected chi connectivity index (χ3v) is 3.72. The van der Waals surface area contributed by atoms with Gasteiger partial charge >= 0.3 is 0 Å². The average molecular weight is 284 g/mol. The fourth-order valence-electron chi connectivity index (χ4n) is 2.58. The van der Waals surface area contributed by atoms with Crippen molar-refractivity contribution in [2.45, 2.75) is 0 Å². The van der Waals surface area contributed by atoms with E-state index < -0.39 is 0 Å². The van der Waals surface area contributed by atoms with E-state index in [4.69, 9.17) is 10.5 Å². The number of benzene rings is 1. The number of piperazine rings is 1. The molecule has 110 valence electrons.